The molecule has 0 saturated carbocycles. The maximum atomic E-state index is 13.2. The molecule has 1 unspecified atom stereocenters. The molecule has 1 heterocycles. The molecular weight excluding hydrogens is 235 g/mol. The molecule has 0 spiro atoms. The molecule has 1 aromatic carbocycles. The van der Waals surface area contributed by atoms with Crippen molar-refractivity contribution in [2.45, 2.75) is 13.0 Å². The molecule has 2 aromatic rings. The van der Waals surface area contributed by atoms with E-state index >= 15 is 0 Å². The van der Waals surface area contributed by atoms with Crippen LogP contribution in [0.2, 0.25) is 0 Å². The molecule has 0 radical (unpaired) electrons. The predicted molar refractivity (Wildman–Crippen MR) is 63.2 cm³/mol. The molecule has 2 rings (SSSR count). The fourth-order valence-electron chi connectivity index (χ4n) is 1.70. The summed E-state index contributed by atoms with van der Waals surface area (Å²) >= 11 is 0. The summed E-state index contributed by atoms with van der Waals surface area (Å²) in [4.78, 5) is 15.3. The van der Waals surface area contributed by atoms with Gasteiger partial charge in [0.15, 0.2) is 6.10 Å². The van der Waals surface area contributed by atoms with Crippen LogP contribution in [0.5, 0.6) is 0 Å². The van der Waals surface area contributed by atoms with Crippen molar-refractivity contribution in [3.05, 3.63) is 53.9 Å². The van der Waals surface area contributed by atoms with E-state index in [1.54, 1.807) is 29.2 Å². The number of carbonyl (C=O) groups excluding carboxylic acids is 1. The summed E-state index contributed by atoms with van der Waals surface area (Å²) < 4.78 is 20.2. The Hall–Kier alpha value is -2.17. The first kappa shape index (κ1) is 12.3. The minimum atomic E-state index is -0.681. The number of benzene rings is 1. The van der Waals surface area contributed by atoms with E-state index in [1.807, 2.05) is 7.05 Å². The second-order valence-corrected chi connectivity index (χ2v) is 4.01. The van der Waals surface area contributed by atoms with Gasteiger partial charge in [0.1, 0.15) is 11.5 Å². The summed E-state index contributed by atoms with van der Waals surface area (Å²) in [6, 6.07) is 5.95. The minimum Gasteiger partial charge on any atom is -0.451 e. The Balaban J connectivity index is 2.39. The van der Waals surface area contributed by atoms with E-state index < -0.39 is 12.1 Å². The number of esters is 1. The zero-order chi connectivity index (χ0) is 13.1. The maximum Gasteiger partial charge on any atom is 0.303 e. The first-order valence-electron chi connectivity index (χ1n) is 5.47. The Morgan fingerprint density at radius 2 is 2.28 bits per heavy atom. The van der Waals surface area contributed by atoms with Gasteiger partial charge in [-0.15, -0.1) is 0 Å². The van der Waals surface area contributed by atoms with Crippen LogP contribution in [0.3, 0.4) is 0 Å². The van der Waals surface area contributed by atoms with Gasteiger partial charge in [0, 0.05) is 25.7 Å². The van der Waals surface area contributed by atoms with Gasteiger partial charge < -0.3 is 9.30 Å². The van der Waals surface area contributed by atoms with Crippen LogP contribution >= 0.6 is 0 Å². The van der Waals surface area contributed by atoms with Crippen molar-refractivity contribution in [2.24, 2.45) is 7.05 Å². The second-order valence-electron chi connectivity index (χ2n) is 4.01. The number of halogens is 1. The fourth-order valence-corrected chi connectivity index (χ4v) is 1.70. The number of rotatable bonds is 3. The van der Waals surface area contributed by atoms with Crippen molar-refractivity contribution < 1.29 is 13.9 Å². The van der Waals surface area contributed by atoms with E-state index in [-0.39, 0.29) is 5.82 Å². The second kappa shape index (κ2) is 5.00. The van der Waals surface area contributed by atoms with Gasteiger partial charge in [-0.3, -0.25) is 4.79 Å². The molecule has 0 saturated heterocycles. The molecule has 4 nitrogen and oxygen atoms in total. The fraction of sp³-hybridized carbons (Fsp3) is 0.231. The van der Waals surface area contributed by atoms with Crippen molar-refractivity contribution in [1.29, 1.82) is 0 Å². The number of nitrogens with zero attached hydrogens (tertiary/aromatic N) is 2. The zero-order valence-electron chi connectivity index (χ0n) is 10.1. The molecule has 0 aliphatic rings. The van der Waals surface area contributed by atoms with Crippen LogP contribution in [-0.4, -0.2) is 15.5 Å². The number of hydrogen-bond acceptors (Lipinski definition) is 3. The van der Waals surface area contributed by atoms with E-state index in [0.717, 1.165) is 0 Å². The lowest BCUT2D eigenvalue weighted by Gasteiger charge is -2.15. The van der Waals surface area contributed by atoms with Crippen molar-refractivity contribution in [3.8, 4) is 0 Å². The third-order valence-corrected chi connectivity index (χ3v) is 2.43. The number of carbonyl (C=O) groups is 1. The van der Waals surface area contributed by atoms with E-state index in [9.17, 15) is 9.18 Å². The lowest BCUT2D eigenvalue weighted by Crippen LogP contribution is -2.10. The summed E-state index contributed by atoms with van der Waals surface area (Å²) in [7, 11) is 1.81. The lowest BCUT2D eigenvalue weighted by atomic mass is 10.1. The number of hydrogen-bond donors (Lipinski definition) is 0. The summed E-state index contributed by atoms with van der Waals surface area (Å²) in [6.07, 6.45) is 2.66. The van der Waals surface area contributed by atoms with Crippen LogP contribution in [0.25, 0.3) is 0 Å². The topological polar surface area (TPSA) is 44.1 Å². The number of aryl methyl sites for hydroxylation is 1. The molecule has 0 aliphatic heterocycles. The highest BCUT2D eigenvalue weighted by molar-refractivity contribution is 5.66. The van der Waals surface area contributed by atoms with Gasteiger partial charge in [-0.2, -0.15) is 0 Å². The highest BCUT2D eigenvalue weighted by atomic mass is 19.1. The van der Waals surface area contributed by atoms with Crippen LogP contribution in [0, 0.1) is 5.82 Å². The van der Waals surface area contributed by atoms with E-state index in [1.165, 1.54) is 19.1 Å². The average Bonchev–Trinajstić information content (AvgIpc) is 2.72. The Morgan fingerprint density at radius 1 is 1.50 bits per heavy atom. The van der Waals surface area contributed by atoms with Crippen molar-refractivity contribution in [1.82, 2.24) is 9.55 Å². The van der Waals surface area contributed by atoms with Gasteiger partial charge in [0.25, 0.3) is 0 Å². The van der Waals surface area contributed by atoms with Gasteiger partial charge in [-0.05, 0) is 12.1 Å². The molecule has 0 aliphatic carbocycles. The van der Waals surface area contributed by atoms with Crippen LogP contribution in [-0.2, 0) is 16.6 Å². The monoisotopic (exact) mass is 248 g/mol. The Labute approximate surface area is 104 Å². The summed E-state index contributed by atoms with van der Waals surface area (Å²) in [5.41, 5.74) is 1.13. The van der Waals surface area contributed by atoms with Gasteiger partial charge in [0.2, 0.25) is 0 Å². The number of aromatic nitrogens is 2. The molecule has 0 amide bonds. The molecule has 0 bridgehead atoms. The molecule has 1 atom stereocenters. The SMILES string of the molecule is CC(=O)OC(c1cccc(F)c1)c1cn(C)cn1. The Morgan fingerprint density at radius 3 is 2.83 bits per heavy atom. The molecule has 0 N–H and O–H groups in total. The van der Waals surface area contributed by atoms with Gasteiger partial charge in [-0.25, -0.2) is 9.37 Å². The maximum absolute atomic E-state index is 13.2. The molecular formula is C13H13FN2O2. The molecule has 18 heavy (non-hydrogen) atoms. The standard InChI is InChI=1S/C13H13FN2O2/c1-9(17)18-13(12-7-16(2)8-15-12)10-4-3-5-11(14)6-10/h3-8,13H,1-2H3. The summed E-state index contributed by atoms with van der Waals surface area (Å²) in [5, 5.41) is 0. The predicted octanol–water partition coefficient (Wildman–Crippen LogP) is 2.21. The zero-order valence-corrected chi connectivity index (χ0v) is 10.1. The quantitative estimate of drug-likeness (QED) is 0.782. The highest BCUT2D eigenvalue weighted by Crippen LogP contribution is 2.25. The third-order valence-electron chi connectivity index (χ3n) is 2.43. The molecule has 5 heteroatoms. The first-order chi connectivity index (χ1) is 8.56. The van der Waals surface area contributed by atoms with E-state index in [0.29, 0.717) is 11.3 Å². The average molecular weight is 248 g/mol. The normalized spacial score (nSPS) is 12.2. The van der Waals surface area contributed by atoms with Crippen LogP contribution in [0.15, 0.2) is 36.8 Å². The van der Waals surface area contributed by atoms with Crippen LogP contribution < -0.4 is 0 Å². The summed E-state index contributed by atoms with van der Waals surface area (Å²) in [5.74, 6) is -0.810. The molecule has 1 aromatic heterocycles. The van der Waals surface area contributed by atoms with Gasteiger partial charge >= 0.3 is 5.97 Å². The van der Waals surface area contributed by atoms with Crippen molar-refractivity contribution in [3.63, 3.8) is 0 Å². The van der Waals surface area contributed by atoms with E-state index in [4.69, 9.17) is 4.74 Å². The number of imidazole rings is 1. The first-order valence-corrected chi connectivity index (χ1v) is 5.47. The molecule has 94 valence electrons. The largest absolute Gasteiger partial charge is 0.451 e. The van der Waals surface area contributed by atoms with Crippen LogP contribution in [0.1, 0.15) is 24.3 Å². The summed E-state index contributed by atoms with van der Waals surface area (Å²) in [6.45, 7) is 1.31. The Kier molecular flexibility index (Phi) is 3.41. The van der Waals surface area contributed by atoms with Gasteiger partial charge in [-0.1, -0.05) is 12.1 Å². The van der Waals surface area contributed by atoms with Gasteiger partial charge in [0.05, 0.1) is 6.33 Å². The molecule has 0 fully saturated rings. The number of ether oxygens (including phenoxy) is 1. The lowest BCUT2D eigenvalue weighted by molar-refractivity contribution is -0.144. The highest BCUT2D eigenvalue weighted by Gasteiger charge is 2.20. The smallest absolute Gasteiger partial charge is 0.303 e. The van der Waals surface area contributed by atoms with Crippen molar-refractivity contribution in [2.75, 3.05) is 0 Å². The van der Waals surface area contributed by atoms with E-state index in [2.05, 4.69) is 4.98 Å². The Bertz CT molecular complexity index is 566. The van der Waals surface area contributed by atoms with Crippen molar-refractivity contribution >= 4 is 5.97 Å². The van der Waals surface area contributed by atoms with Crippen LogP contribution in [0.4, 0.5) is 4.39 Å². The third kappa shape index (κ3) is 2.74. The minimum absolute atomic E-state index is 0.374.